The number of carbonyl (C=O) groups is 2. The number of amides is 1. The predicted octanol–water partition coefficient (Wildman–Crippen LogP) is 2.93. The number of aromatic nitrogens is 1. The summed E-state index contributed by atoms with van der Waals surface area (Å²) >= 11 is 5.84. The summed E-state index contributed by atoms with van der Waals surface area (Å²) in [6, 6.07) is 6.44. The Morgan fingerprint density at radius 1 is 1.40 bits per heavy atom. The molecule has 0 saturated heterocycles. The lowest BCUT2D eigenvalue weighted by atomic mass is 10.1. The summed E-state index contributed by atoms with van der Waals surface area (Å²) < 4.78 is 9.96. The van der Waals surface area contributed by atoms with E-state index in [-0.39, 0.29) is 17.7 Å². The molecule has 0 aliphatic rings. The van der Waals surface area contributed by atoms with E-state index in [1.807, 2.05) is 6.07 Å². The predicted molar refractivity (Wildman–Crippen MR) is 90.1 cm³/mol. The number of benzene rings is 1. The van der Waals surface area contributed by atoms with Crippen LogP contribution in [0.1, 0.15) is 29.0 Å². The first-order valence-corrected chi connectivity index (χ1v) is 7.85. The fourth-order valence-electron chi connectivity index (χ4n) is 2.21. The van der Waals surface area contributed by atoms with Crippen molar-refractivity contribution >= 4 is 29.2 Å². The van der Waals surface area contributed by atoms with E-state index >= 15 is 0 Å². The Kier molecular flexibility index (Phi) is 6.14. The van der Waals surface area contributed by atoms with Crippen LogP contribution in [0.4, 0.5) is 5.69 Å². The van der Waals surface area contributed by atoms with Crippen molar-refractivity contribution in [2.24, 2.45) is 0 Å². The van der Waals surface area contributed by atoms with Crippen LogP contribution in [0.15, 0.2) is 22.7 Å². The molecule has 0 aliphatic heterocycles. The third-order valence-corrected chi connectivity index (χ3v) is 3.74. The largest absolute Gasteiger partial charge is 0.456 e. The standard InChI is InChI=1S/C17H16ClN3O4/c1-10-14(11(2)25-21-10)5-6-17(23)24-9-16(22)20-15-7-13(18)4-3-12(15)8-19/h3-4,7H,5-6,9H2,1-2H3,(H,20,22). The van der Waals surface area contributed by atoms with Crippen molar-refractivity contribution in [2.75, 3.05) is 11.9 Å². The summed E-state index contributed by atoms with van der Waals surface area (Å²) in [5, 5.41) is 15.7. The fourth-order valence-corrected chi connectivity index (χ4v) is 2.38. The highest BCUT2D eigenvalue weighted by Gasteiger charge is 2.14. The number of rotatable bonds is 6. The number of anilines is 1. The number of nitrogens with one attached hydrogen (secondary N) is 1. The number of hydrogen-bond acceptors (Lipinski definition) is 6. The van der Waals surface area contributed by atoms with E-state index in [9.17, 15) is 9.59 Å². The molecule has 0 bridgehead atoms. The Morgan fingerprint density at radius 2 is 2.16 bits per heavy atom. The molecule has 7 nitrogen and oxygen atoms in total. The van der Waals surface area contributed by atoms with Crippen LogP contribution in [0.2, 0.25) is 5.02 Å². The van der Waals surface area contributed by atoms with E-state index in [1.165, 1.54) is 12.1 Å². The third kappa shape index (κ3) is 5.06. The molecule has 0 atom stereocenters. The van der Waals surface area contributed by atoms with E-state index in [1.54, 1.807) is 19.9 Å². The molecular weight excluding hydrogens is 346 g/mol. The topological polar surface area (TPSA) is 105 Å². The fraction of sp³-hybridized carbons (Fsp3) is 0.294. The summed E-state index contributed by atoms with van der Waals surface area (Å²) in [6.45, 7) is 3.12. The van der Waals surface area contributed by atoms with Gasteiger partial charge in [0, 0.05) is 17.0 Å². The van der Waals surface area contributed by atoms with Crippen molar-refractivity contribution in [3.05, 3.63) is 45.8 Å². The molecule has 0 spiro atoms. The van der Waals surface area contributed by atoms with Crippen LogP contribution in [0.5, 0.6) is 0 Å². The van der Waals surface area contributed by atoms with Crippen molar-refractivity contribution < 1.29 is 18.8 Å². The number of aryl methyl sites for hydroxylation is 2. The summed E-state index contributed by atoms with van der Waals surface area (Å²) in [5.74, 6) is -0.403. The number of esters is 1. The summed E-state index contributed by atoms with van der Waals surface area (Å²) in [6.07, 6.45) is 0.533. The molecule has 25 heavy (non-hydrogen) atoms. The van der Waals surface area contributed by atoms with Crippen LogP contribution in [0.3, 0.4) is 0 Å². The minimum Gasteiger partial charge on any atom is -0.456 e. The molecule has 1 heterocycles. The summed E-state index contributed by atoms with van der Waals surface area (Å²) in [5.41, 5.74) is 2.13. The lowest BCUT2D eigenvalue weighted by Gasteiger charge is -2.08. The number of nitrogens with zero attached hydrogens (tertiary/aromatic N) is 2. The van der Waals surface area contributed by atoms with Crippen LogP contribution in [-0.2, 0) is 20.7 Å². The van der Waals surface area contributed by atoms with Gasteiger partial charge in [-0.25, -0.2) is 0 Å². The van der Waals surface area contributed by atoms with Crippen LogP contribution in [0, 0.1) is 25.2 Å². The van der Waals surface area contributed by atoms with E-state index < -0.39 is 18.5 Å². The quantitative estimate of drug-likeness (QED) is 0.793. The number of ether oxygens (including phenoxy) is 1. The minimum atomic E-state index is -0.551. The van der Waals surface area contributed by atoms with Gasteiger partial charge >= 0.3 is 5.97 Å². The molecule has 2 aromatic rings. The van der Waals surface area contributed by atoms with Crippen molar-refractivity contribution in [1.29, 1.82) is 5.26 Å². The molecule has 1 aromatic heterocycles. The smallest absolute Gasteiger partial charge is 0.306 e. The molecule has 0 fully saturated rings. The number of carbonyl (C=O) groups excluding carboxylic acids is 2. The van der Waals surface area contributed by atoms with Gasteiger partial charge in [-0.3, -0.25) is 9.59 Å². The Balaban J connectivity index is 1.83. The Hall–Kier alpha value is -2.85. The molecule has 0 aliphatic carbocycles. The minimum absolute atomic E-state index is 0.108. The molecule has 8 heteroatoms. The first kappa shape index (κ1) is 18.5. The Labute approximate surface area is 149 Å². The second-order valence-corrected chi connectivity index (χ2v) is 5.75. The second-order valence-electron chi connectivity index (χ2n) is 5.31. The maximum absolute atomic E-state index is 11.9. The number of hydrogen-bond donors (Lipinski definition) is 1. The average Bonchev–Trinajstić information content (AvgIpc) is 2.89. The van der Waals surface area contributed by atoms with Crippen LogP contribution < -0.4 is 5.32 Å². The molecular formula is C17H16ClN3O4. The van der Waals surface area contributed by atoms with Gasteiger partial charge in [-0.05, 0) is 38.5 Å². The Bertz CT molecular complexity index is 819. The molecule has 0 unspecified atom stereocenters. The summed E-state index contributed by atoms with van der Waals surface area (Å²) in [7, 11) is 0. The van der Waals surface area contributed by atoms with E-state index in [2.05, 4.69) is 10.5 Å². The normalized spacial score (nSPS) is 10.2. The first-order chi connectivity index (χ1) is 11.9. The van der Waals surface area contributed by atoms with E-state index in [0.717, 1.165) is 11.3 Å². The van der Waals surface area contributed by atoms with Gasteiger partial charge in [0.2, 0.25) is 0 Å². The van der Waals surface area contributed by atoms with Crippen molar-refractivity contribution in [3.8, 4) is 6.07 Å². The lowest BCUT2D eigenvalue weighted by molar-refractivity contribution is -0.147. The van der Waals surface area contributed by atoms with Crippen LogP contribution in [0.25, 0.3) is 0 Å². The van der Waals surface area contributed by atoms with Crippen molar-refractivity contribution in [1.82, 2.24) is 5.16 Å². The van der Waals surface area contributed by atoms with Crippen molar-refractivity contribution in [3.63, 3.8) is 0 Å². The maximum Gasteiger partial charge on any atom is 0.306 e. The molecule has 130 valence electrons. The SMILES string of the molecule is Cc1noc(C)c1CCC(=O)OCC(=O)Nc1cc(Cl)ccc1C#N. The van der Waals surface area contributed by atoms with Gasteiger partial charge in [-0.15, -0.1) is 0 Å². The zero-order chi connectivity index (χ0) is 18.4. The highest BCUT2D eigenvalue weighted by atomic mass is 35.5. The van der Waals surface area contributed by atoms with Gasteiger partial charge in [-0.2, -0.15) is 5.26 Å². The van der Waals surface area contributed by atoms with Gasteiger partial charge < -0.3 is 14.6 Å². The second kappa shape index (κ2) is 8.31. The van der Waals surface area contributed by atoms with Crippen LogP contribution in [-0.4, -0.2) is 23.6 Å². The summed E-state index contributed by atoms with van der Waals surface area (Å²) in [4.78, 5) is 23.6. The van der Waals surface area contributed by atoms with Gasteiger partial charge in [0.15, 0.2) is 6.61 Å². The van der Waals surface area contributed by atoms with Crippen LogP contribution >= 0.6 is 11.6 Å². The molecule has 1 N–H and O–H groups in total. The molecule has 2 rings (SSSR count). The van der Waals surface area contributed by atoms with Crippen molar-refractivity contribution in [2.45, 2.75) is 26.7 Å². The molecule has 1 aromatic carbocycles. The highest BCUT2D eigenvalue weighted by Crippen LogP contribution is 2.20. The number of nitriles is 1. The zero-order valence-corrected chi connectivity index (χ0v) is 14.5. The van der Waals surface area contributed by atoms with Gasteiger partial charge in [0.05, 0.1) is 16.9 Å². The first-order valence-electron chi connectivity index (χ1n) is 7.47. The van der Waals surface area contributed by atoms with Gasteiger partial charge in [0.1, 0.15) is 11.8 Å². The molecule has 1 amide bonds. The molecule has 0 radical (unpaired) electrons. The van der Waals surface area contributed by atoms with Gasteiger partial charge in [-0.1, -0.05) is 16.8 Å². The monoisotopic (exact) mass is 361 g/mol. The zero-order valence-electron chi connectivity index (χ0n) is 13.8. The van der Waals surface area contributed by atoms with E-state index in [4.69, 9.17) is 26.1 Å². The Morgan fingerprint density at radius 3 is 2.80 bits per heavy atom. The number of halogens is 1. The highest BCUT2D eigenvalue weighted by molar-refractivity contribution is 6.31. The molecule has 0 saturated carbocycles. The van der Waals surface area contributed by atoms with Gasteiger partial charge in [0.25, 0.3) is 5.91 Å². The third-order valence-electron chi connectivity index (χ3n) is 3.50. The maximum atomic E-state index is 11.9. The average molecular weight is 362 g/mol. The van der Waals surface area contributed by atoms with E-state index in [0.29, 0.717) is 17.2 Å². The lowest BCUT2D eigenvalue weighted by Crippen LogP contribution is -2.21.